The third kappa shape index (κ3) is 1.59. The summed E-state index contributed by atoms with van der Waals surface area (Å²) in [6.45, 7) is 0. The van der Waals surface area contributed by atoms with Crippen LogP contribution in [0.1, 0.15) is 0 Å². The second kappa shape index (κ2) is 3.51. The molecule has 0 radical (unpaired) electrons. The molecular formula is C11H10N6. The number of nitrogen functional groups attached to an aromatic ring is 1. The van der Waals surface area contributed by atoms with Gasteiger partial charge in [0.15, 0.2) is 5.65 Å². The number of rotatable bonds is 1. The fourth-order valence-corrected chi connectivity index (χ4v) is 1.72. The van der Waals surface area contributed by atoms with E-state index in [2.05, 4.69) is 20.1 Å². The molecule has 2 N–H and O–H groups in total. The predicted octanol–water partition coefficient (Wildman–Crippen LogP) is 1.01. The molecule has 0 fully saturated rings. The Labute approximate surface area is 97.1 Å². The molecule has 0 unspecified atom stereocenters. The van der Waals surface area contributed by atoms with Crippen molar-refractivity contribution in [3.63, 3.8) is 0 Å². The molecule has 0 bridgehead atoms. The number of anilines is 1. The standard InChI is InChI=1S/C11H10N6/c1-17-10-8(6-15-17)4-7(5-14-10)9-2-3-13-11(12)16-9/h2-6H,1H3,(H2,12,13,16). The van der Waals surface area contributed by atoms with Gasteiger partial charge in [0.25, 0.3) is 0 Å². The highest BCUT2D eigenvalue weighted by Gasteiger charge is 2.05. The zero-order valence-corrected chi connectivity index (χ0v) is 9.20. The molecule has 0 saturated carbocycles. The van der Waals surface area contributed by atoms with Gasteiger partial charge in [-0.05, 0) is 12.1 Å². The van der Waals surface area contributed by atoms with Crippen molar-refractivity contribution in [2.24, 2.45) is 7.05 Å². The van der Waals surface area contributed by atoms with Gasteiger partial charge in [0.1, 0.15) is 0 Å². The fourth-order valence-electron chi connectivity index (χ4n) is 1.72. The topological polar surface area (TPSA) is 82.5 Å². The minimum Gasteiger partial charge on any atom is -0.368 e. The van der Waals surface area contributed by atoms with Gasteiger partial charge in [-0.3, -0.25) is 4.68 Å². The van der Waals surface area contributed by atoms with Gasteiger partial charge in [-0.2, -0.15) is 5.10 Å². The monoisotopic (exact) mass is 226 g/mol. The molecule has 3 aromatic rings. The Hall–Kier alpha value is -2.50. The summed E-state index contributed by atoms with van der Waals surface area (Å²) < 4.78 is 1.73. The number of aryl methyl sites for hydroxylation is 1. The first-order chi connectivity index (χ1) is 8.24. The molecule has 3 aromatic heterocycles. The summed E-state index contributed by atoms with van der Waals surface area (Å²) in [5.41, 5.74) is 8.06. The number of fused-ring (bicyclic) bond motifs is 1. The molecule has 0 saturated heterocycles. The van der Waals surface area contributed by atoms with Crippen molar-refractivity contribution >= 4 is 17.0 Å². The Morgan fingerprint density at radius 1 is 1.24 bits per heavy atom. The minimum absolute atomic E-state index is 0.258. The molecule has 0 amide bonds. The molecule has 6 heteroatoms. The van der Waals surface area contributed by atoms with Crippen LogP contribution >= 0.6 is 0 Å². The first-order valence-electron chi connectivity index (χ1n) is 5.11. The van der Waals surface area contributed by atoms with Gasteiger partial charge >= 0.3 is 0 Å². The molecule has 0 aliphatic rings. The van der Waals surface area contributed by atoms with Crippen molar-refractivity contribution in [1.29, 1.82) is 0 Å². The average molecular weight is 226 g/mol. The normalized spacial score (nSPS) is 10.9. The van der Waals surface area contributed by atoms with Gasteiger partial charge in [0.2, 0.25) is 5.95 Å². The smallest absolute Gasteiger partial charge is 0.220 e. The minimum atomic E-state index is 0.258. The van der Waals surface area contributed by atoms with E-state index in [9.17, 15) is 0 Å². The van der Waals surface area contributed by atoms with E-state index >= 15 is 0 Å². The quantitative estimate of drug-likeness (QED) is 0.669. The van der Waals surface area contributed by atoms with Crippen LogP contribution in [-0.2, 0) is 7.05 Å². The summed E-state index contributed by atoms with van der Waals surface area (Å²) in [5.74, 6) is 0.258. The second-order valence-corrected chi connectivity index (χ2v) is 3.71. The van der Waals surface area contributed by atoms with E-state index < -0.39 is 0 Å². The fraction of sp³-hybridized carbons (Fsp3) is 0.0909. The highest BCUT2D eigenvalue weighted by atomic mass is 15.3. The van der Waals surface area contributed by atoms with Crippen LogP contribution in [0, 0.1) is 0 Å². The van der Waals surface area contributed by atoms with Crippen molar-refractivity contribution < 1.29 is 0 Å². The lowest BCUT2D eigenvalue weighted by Crippen LogP contribution is -1.96. The highest BCUT2D eigenvalue weighted by Crippen LogP contribution is 2.20. The van der Waals surface area contributed by atoms with Gasteiger partial charge in [0, 0.05) is 30.4 Å². The average Bonchev–Trinajstić information content (AvgIpc) is 2.71. The lowest BCUT2D eigenvalue weighted by molar-refractivity contribution is 0.786. The summed E-state index contributed by atoms with van der Waals surface area (Å²) in [6, 6.07) is 3.78. The maximum Gasteiger partial charge on any atom is 0.220 e. The first-order valence-corrected chi connectivity index (χ1v) is 5.11. The summed E-state index contributed by atoms with van der Waals surface area (Å²) in [5, 5.41) is 5.12. The molecule has 0 aliphatic heterocycles. The van der Waals surface area contributed by atoms with Gasteiger partial charge in [-0.15, -0.1) is 0 Å². The highest BCUT2D eigenvalue weighted by molar-refractivity contribution is 5.79. The Morgan fingerprint density at radius 3 is 2.94 bits per heavy atom. The molecule has 0 atom stereocenters. The Balaban J connectivity index is 2.18. The van der Waals surface area contributed by atoms with Crippen molar-refractivity contribution in [2.75, 3.05) is 5.73 Å². The van der Waals surface area contributed by atoms with E-state index in [1.807, 2.05) is 13.1 Å². The van der Waals surface area contributed by atoms with Crippen molar-refractivity contribution in [3.05, 3.63) is 30.7 Å². The van der Waals surface area contributed by atoms with Crippen LogP contribution in [-0.4, -0.2) is 24.7 Å². The maximum atomic E-state index is 5.55. The van der Waals surface area contributed by atoms with Crippen LogP contribution in [0.3, 0.4) is 0 Å². The molecule has 3 heterocycles. The van der Waals surface area contributed by atoms with E-state index in [4.69, 9.17) is 5.73 Å². The van der Waals surface area contributed by atoms with Crippen molar-refractivity contribution in [1.82, 2.24) is 24.7 Å². The van der Waals surface area contributed by atoms with Gasteiger partial charge < -0.3 is 5.73 Å². The second-order valence-electron chi connectivity index (χ2n) is 3.71. The SMILES string of the molecule is Cn1ncc2cc(-c3ccnc(N)n3)cnc21. The van der Waals surface area contributed by atoms with Crippen LogP contribution < -0.4 is 5.73 Å². The van der Waals surface area contributed by atoms with Crippen molar-refractivity contribution in [2.45, 2.75) is 0 Å². The Kier molecular flexibility index (Phi) is 2.01. The predicted molar refractivity (Wildman–Crippen MR) is 63.9 cm³/mol. The molecular weight excluding hydrogens is 216 g/mol. The molecule has 6 nitrogen and oxygen atoms in total. The van der Waals surface area contributed by atoms with Crippen LogP contribution in [0.2, 0.25) is 0 Å². The lowest BCUT2D eigenvalue weighted by Gasteiger charge is -2.01. The van der Waals surface area contributed by atoms with Crippen LogP contribution in [0.5, 0.6) is 0 Å². The largest absolute Gasteiger partial charge is 0.368 e. The van der Waals surface area contributed by atoms with Crippen LogP contribution in [0.15, 0.2) is 30.7 Å². The van der Waals surface area contributed by atoms with Gasteiger partial charge in [0.05, 0.1) is 11.9 Å². The van der Waals surface area contributed by atoms with Crippen molar-refractivity contribution in [3.8, 4) is 11.3 Å². The Morgan fingerprint density at radius 2 is 2.12 bits per heavy atom. The van der Waals surface area contributed by atoms with E-state index in [0.717, 1.165) is 22.3 Å². The zero-order valence-electron chi connectivity index (χ0n) is 9.20. The molecule has 0 aliphatic carbocycles. The number of nitrogens with two attached hydrogens (primary N) is 1. The summed E-state index contributed by atoms with van der Waals surface area (Å²) in [4.78, 5) is 12.4. The number of aromatic nitrogens is 5. The molecule has 84 valence electrons. The summed E-state index contributed by atoms with van der Waals surface area (Å²) in [7, 11) is 1.86. The summed E-state index contributed by atoms with van der Waals surface area (Å²) >= 11 is 0. The van der Waals surface area contributed by atoms with E-state index in [0.29, 0.717) is 0 Å². The Bertz CT molecular complexity index is 687. The molecule has 3 rings (SSSR count). The van der Waals surface area contributed by atoms with Gasteiger partial charge in [-0.1, -0.05) is 0 Å². The molecule has 0 aromatic carbocycles. The first kappa shape index (κ1) is 9.71. The number of pyridine rings is 1. The number of nitrogens with zero attached hydrogens (tertiary/aromatic N) is 5. The van der Waals surface area contributed by atoms with E-state index in [-0.39, 0.29) is 5.95 Å². The number of hydrogen-bond donors (Lipinski definition) is 1. The van der Waals surface area contributed by atoms with Crippen LogP contribution in [0.4, 0.5) is 5.95 Å². The molecule has 17 heavy (non-hydrogen) atoms. The number of hydrogen-bond acceptors (Lipinski definition) is 5. The van der Waals surface area contributed by atoms with E-state index in [1.165, 1.54) is 0 Å². The van der Waals surface area contributed by atoms with Gasteiger partial charge in [-0.25, -0.2) is 15.0 Å². The third-order valence-electron chi connectivity index (χ3n) is 2.54. The summed E-state index contributed by atoms with van der Waals surface area (Å²) in [6.07, 6.45) is 5.16. The lowest BCUT2D eigenvalue weighted by atomic mass is 10.2. The third-order valence-corrected chi connectivity index (χ3v) is 2.54. The van der Waals surface area contributed by atoms with Crippen LogP contribution in [0.25, 0.3) is 22.3 Å². The maximum absolute atomic E-state index is 5.55. The van der Waals surface area contributed by atoms with E-state index in [1.54, 1.807) is 29.3 Å². The molecule has 0 spiro atoms. The zero-order chi connectivity index (χ0) is 11.8.